The van der Waals surface area contributed by atoms with Crippen molar-refractivity contribution in [2.75, 3.05) is 0 Å². The summed E-state index contributed by atoms with van der Waals surface area (Å²) in [4.78, 5) is 0. The Balaban J connectivity index is 1.96. The van der Waals surface area contributed by atoms with Gasteiger partial charge in [0.1, 0.15) is 0 Å². The number of benzene rings is 2. The van der Waals surface area contributed by atoms with Crippen LogP contribution in [0.1, 0.15) is 48.6 Å². The quantitative estimate of drug-likeness (QED) is 0.785. The third-order valence-electron chi connectivity index (χ3n) is 3.70. The maximum Gasteiger partial charge on any atom is 0.263 e. The summed E-state index contributed by atoms with van der Waals surface area (Å²) in [6.07, 6.45) is -1.38. The standard InChI is InChI=1S/C18H21F2N/c1-3-14-7-9-16(10-8-14)13(2)21-12-15-5-4-6-17(11-15)18(19)20/h4-11,13,18,21H,3,12H2,1-2H3. The first-order valence-electron chi connectivity index (χ1n) is 7.29. The molecule has 0 aliphatic heterocycles. The van der Waals surface area contributed by atoms with Gasteiger partial charge in [0, 0.05) is 18.2 Å². The summed E-state index contributed by atoms with van der Waals surface area (Å²) in [5, 5.41) is 3.37. The second-order valence-electron chi connectivity index (χ2n) is 5.24. The van der Waals surface area contributed by atoms with Gasteiger partial charge >= 0.3 is 0 Å². The zero-order chi connectivity index (χ0) is 15.2. The summed E-state index contributed by atoms with van der Waals surface area (Å²) in [7, 11) is 0. The Labute approximate surface area is 125 Å². The van der Waals surface area contributed by atoms with Gasteiger partial charge in [0.25, 0.3) is 6.43 Å². The Bertz CT molecular complexity index is 564. The average molecular weight is 289 g/mol. The van der Waals surface area contributed by atoms with Crippen molar-refractivity contribution in [1.29, 1.82) is 0 Å². The predicted octanol–water partition coefficient (Wildman–Crippen LogP) is 5.04. The van der Waals surface area contributed by atoms with Gasteiger partial charge in [0.15, 0.2) is 0 Å². The fraction of sp³-hybridized carbons (Fsp3) is 0.333. The lowest BCUT2D eigenvalue weighted by Crippen LogP contribution is -2.18. The molecule has 0 aromatic heterocycles. The van der Waals surface area contributed by atoms with Gasteiger partial charge in [-0.2, -0.15) is 0 Å². The Hall–Kier alpha value is -1.74. The van der Waals surface area contributed by atoms with Crippen LogP contribution >= 0.6 is 0 Å². The van der Waals surface area contributed by atoms with Crippen LogP contribution in [0.25, 0.3) is 0 Å². The van der Waals surface area contributed by atoms with Gasteiger partial charge in [-0.25, -0.2) is 8.78 Å². The average Bonchev–Trinajstić information content (AvgIpc) is 2.53. The summed E-state index contributed by atoms with van der Waals surface area (Å²) < 4.78 is 25.3. The molecule has 1 N–H and O–H groups in total. The molecule has 0 spiro atoms. The van der Waals surface area contributed by atoms with E-state index in [0.717, 1.165) is 12.0 Å². The zero-order valence-electron chi connectivity index (χ0n) is 12.4. The van der Waals surface area contributed by atoms with Gasteiger partial charge in [0.05, 0.1) is 0 Å². The number of rotatable bonds is 6. The van der Waals surface area contributed by atoms with Gasteiger partial charge in [-0.1, -0.05) is 49.4 Å². The van der Waals surface area contributed by atoms with Crippen molar-refractivity contribution in [3.05, 3.63) is 70.8 Å². The minimum Gasteiger partial charge on any atom is -0.306 e. The van der Waals surface area contributed by atoms with E-state index in [2.05, 4.69) is 43.4 Å². The number of alkyl halides is 2. The molecule has 1 atom stereocenters. The summed E-state index contributed by atoms with van der Waals surface area (Å²) in [6, 6.07) is 15.2. The molecule has 0 aliphatic carbocycles. The summed E-state index contributed by atoms with van der Waals surface area (Å²) in [6.45, 7) is 4.79. The van der Waals surface area contributed by atoms with Gasteiger partial charge in [-0.3, -0.25) is 0 Å². The van der Waals surface area contributed by atoms with Gasteiger partial charge in [-0.15, -0.1) is 0 Å². The monoisotopic (exact) mass is 289 g/mol. The Morgan fingerprint density at radius 2 is 1.67 bits per heavy atom. The number of aryl methyl sites for hydroxylation is 1. The van der Waals surface area contributed by atoms with E-state index in [4.69, 9.17) is 0 Å². The lowest BCUT2D eigenvalue weighted by Gasteiger charge is -2.15. The molecule has 1 unspecified atom stereocenters. The van der Waals surface area contributed by atoms with Crippen molar-refractivity contribution in [3.63, 3.8) is 0 Å². The first-order chi connectivity index (χ1) is 10.1. The molecule has 112 valence electrons. The third kappa shape index (κ3) is 4.36. The fourth-order valence-electron chi connectivity index (χ4n) is 2.27. The van der Waals surface area contributed by atoms with Crippen molar-refractivity contribution in [2.24, 2.45) is 0 Å². The highest BCUT2D eigenvalue weighted by Gasteiger charge is 2.08. The molecule has 2 rings (SSSR count). The highest BCUT2D eigenvalue weighted by molar-refractivity contribution is 5.26. The van der Waals surface area contributed by atoms with E-state index in [-0.39, 0.29) is 11.6 Å². The molecule has 0 saturated carbocycles. The number of halogens is 2. The largest absolute Gasteiger partial charge is 0.306 e. The van der Waals surface area contributed by atoms with Gasteiger partial charge in [-0.05, 0) is 36.1 Å². The molecule has 1 nitrogen and oxygen atoms in total. The molecule has 2 aromatic carbocycles. The van der Waals surface area contributed by atoms with Crippen LogP contribution in [0, 0.1) is 0 Å². The smallest absolute Gasteiger partial charge is 0.263 e. The van der Waals surface area contributed by atoms with E-state index in [0.29, 0.717) is 6.54 Å². The van der Waals surface area contributed by atoms with Crippen LogP contribution < -0.4 is 5.32 Å². The molecule has 21 heavy (non-hydrogen) atoms. The molecular formula is C18H21F2N. The van der Waals surface area contributed by atoms with Crippen LogP contribution in [0.5, 0.6) is 0 Å². The second-order valence-corrected chi connectivity index (χ2v) is 5.24. The van der Waals surface area contributed by atoms with E-state index in [1.807, 2.05) is 6.07 Å². The second kappa shape index (κ2) is 7.32. The maximum absolute atomic E-state index is 12.7. The van der Waals surface area contributed by atoms with E-state index in [9.17, 15) is 8.78 Å². The zero-order valence-corrected chi connectivity index (χ0v) is 12.4. The van der Waals surface area contributed by atoms with Gasteiger partial charge in [0.2, 0.25) is 0 Å². The number of nitrogens with one attached hydrogen (secondary N) is 1. The first kappa shape index (κ1) is 15.6. The molecule has 3 heteroatoms. The lowest BCUT2D eigenvalue weighted by molar-refractivity contribution is 0.151. The first-order valence-corrected chi connectivity index (χ1v) is 7.29. The predicted molar refractivity (Wildman–Crippen MR) is 82.5 cm³/mol. The minimum atomic E-state index is -2.41. The molecular weight excluding hydrogens is 268 g/mol. The van der Waals surface area contributed by atoms with Crippen LogP contribution in [0.2, 0.25) is 0 Å². The number of hydrogen-bond acceptors (Lipinski definition) is 1. The van der Waals surface area contributed by atoms with Crippen LogP contribution in [0.4, 0.5) is 8.78 Å². The highest BCUT2D eigenvalue weighted by Crippen LogP contribution is 2.20. The fourth-order valence-corrected chi connectivity index (χ4v) is 2.27. The Kier molecular flexibility index (Phi) is 5.45. The molecule has 0 aliphatic rings. The van der Waals surface area contributed by atoms with E-state index in [1.54, 1.807) is 12.1 Å². The molecule has 0 bridgehead atoms. The van der Waals surface area contributed by atoms with Crippen LogP contribution in [0.3, 0.4) is 0 Å². The van der Waals surface area contributed by atoms with Crippen molar-refractivity contribution in [1.82, 2.24) is 5.32 Å². The van der Waals surface area contributed by atoms with Crippen molar-refractivity contribution in [3.8, 4) is 0 Å². The van der Waals surface area contributed by atoms with Gasteiger partial charge < -0.3 is 5.32 Å². The third-order valence-corrected chi connectivity index (χ3v) is 3.70. The van der Waals surface area contributed by atoms with Crippen LogP contribution in [-0.4, -0.2) is 0 Å². The number of hydrogen-bond donors (Lipinski definition) is 1. The van der Waals surface area contributed by atoms with E-state index in [1.165, 1.54) is 17.2 Å². The summed E-state index contributed by atoms with van der Waals surface area (Å²) in [5.41, 5.74) is 3.48. The topological polar surface area (TPSA) is 12.0 Å². The van der Waals surface area contributed by atoms with Crippen molar-refractivity contribution >= 4 is 0 Å². The maximum atomic E-state index is 12.7. The SMILES string of the molecule is CCc1ccc(C(C)NCc2cccc(C(F)F)c2)cc1. The normalized spacial score (nSPS) is 12.6. The highest BCUT2D eigenvalue weighted by atomic mass is 19.3. The summed E-state index contributed by atoms with van der Waals surface area (Å²) >= 11 is 0. The van der Waals surface area contributed by atoms with Crippen molar-refractivity contribution in [2.45, 2.75) is 39.3 Å². The summed E-state index contributed by atoms with van der Waals surface area (Å²) in [5.74, 6) is 0. The molecule has 0 radical (unpaired) electrons. The molecule has 0 heterocycles. The van der Waals surface area contributed by atoms with Crippen molar-refractivity contribution < 1.29 is 8.78 Å². The molecule has 0 saturated heterocycles. The molecule has 2 aromatic rings. The van der Waals surface area contributed by atoms with Crippen LogP contribution in [-0.2, 0) is 13.0 Å². The van der Waals surface area contributed by atoms with E-state index >= 15 is 0 Å². The lowest BCUT2D eigenvalue weighted by atomic mass is 10.0. The van der Waals surface area contributed by atoms with E-state index < -0.39 is 6.43 Å². The molecule has 0 amide bonds. The minimum absolute atomic E-state index is 0.0780. The Morgan fingerprint density at radius 1 is 0.952 bits per heavy atom. The Morgan fingerprint density at radius 3 is 2.29 bits per heavy atom. The van der Waals surface area contributed by atoms with Crippen LogP contribution in [0.15, 0.2) is 48.5 Å². The molecule has 0 fully saturated rings.